The molecule has 0 spiro atoms. The number of nitro groups is 1. The van der Waals surface area contributed by atoms with Crippen LogP contribution in [0.25, 0.3) is 0 Å². The first-order valence-electron chi connectivity index (χ1n) is 7.29. The molecule has 0 atom stereocenters. The molecule has 0 radical (unpaired) electrons. The van der Waals surface area contributed by atoms with Crippen molar-refractivity contribution in [3.8, 4) is 11.5 Å². The normalized spacial score (nSPS) is 11.1. The lowest BCUT2D eigenvalue weighted by Crippen LogP contribution is -2.27. The van der Waals surface area contributed by atoms with Gasteiger partial charge >= 0.3 is 0 Å². The molecular formula is C16H17ClN2O6S. The largest absolute Gasteiger partial charge is 0.495 e. The van der Waals surface area contributed by atoms with Crippen LogP contribution in [0.15, 0.2) is 35.2 Å². The molecule has 0 unspecified atom stereocenters. The predicted octanol–water partition coefficient (Wildman–Crippen LogP) is 3.40. The average Bonchev–Trinajstić information content (AvgIpc) is 2.60. The third-order valence-corrected chi connectivity index (χ3v) is 6.02. The second kappa shape index (κ2) is 7.38. The zero-order valence-electron chi connectivity index (χ0n) is 14.5. The number of nitrogens with zero attached hydrogens (tertiary/aromatic N) is 2. The first-order valence-corrected chi connectivity index (χ1v) is 9.10. The Kier molecular flexibility index (Phi) is 5.62. The Hall–Kier alpha value is -2.52. The molecule has 0 bridgehead atoms. The Labute approximate surface area is 156 Å². The molecule has 2 aromatic rings. The lowest BCUT2D eigenvalue weighted by molar-refractivity contribution is -0.385. The van der Waals surface area contributed by atoms with Crippen molar-refractivity contribution in [1.29, 1.82) is 0 Å². The van der Waals surface area contributed by atoms with Crippen LogP contribution < -0.4 is 13.8 Å². The molecule has 0 saturated carbocycles. The summed E-state index contributed by atoms with van der Waals surface area (Å²) in [6.07, 6.45) is 0. The number of sulfonamides is 1. The first-order chi connectivity index (χ1) is 12.1. The highest BCUT2D eigenvalue weighted by Gasteiger charge is 2.28. The van der Waals surface area contributed by atoms with E-state index in [0.29, 0.717) is 5.56 Å². The molecule has 2 aromatic carbocycles. The second-order valence-corrected chi connectivity index (χ2v) is 7.68. The maximum Gasteiger partial charge on any atom is 0.270 e. The number of ether oxygens (including phenoxy) is 2. The number of non-ortho nitro benzene ring substituents is 1. The maximum atomic E-state index is 13.1. The van der Waals surface area contributed by atoms with Gasteiger partial charge in [-0.2, -0.15) is 0 Å². The van der Waals surface area contributed by atoms with Gasteiger partial charge in [-0.05, 0) is 12.5 Å². The predicted molar refractivity (Wildman–Crippen MR) is 98.0 cm³/mol. The fourth-order valence-corrected chi connectivity index (χ4v) is 4.02. The number of aryl methyl sites for hydroxylation is 1. The Balaban J connectivity index is 2.64. The summed E-state index contributed by atoms with van der Waals surface area (Å²) < 4.78 is 37.4. The summed E-state index contributed by atoms with van der Waals surface area (Å²) in [6.45, 7) is 1.56. The fraction of sp³-hybridized carbons (Fsp3) is 0.250. The summed E-state index contributed by atoms with van der Waals surface area (Å²) in [5, 5.41) is 11.3. The number of benzene rings is 2. The van der Waals surface area contributed by atoms with E-state index < -0.39 is 14.9 Å². The molecule has 26 heavy (non-hydrogen) atoms. The third-order valence-electron chi connectivity index (χ3n) is 3.81. The van der Waals surface area contributed by atoms with Gasteiger partial charge in [-0.25, -0.2) is 8.42 Å². The van der Waals surface area contributed by atoms with Crippen molar-refractivity contribution >= 4 is 33.0 Å². The lowest BCUT2D eigenvalue weighted by Gasteiger charge is -2.23. The van der Waals surface area contributed by atoms with E-state index in [0.717, 1.165) is 10.4 Å². The van der Waals surface area contributed by atoms with E-state index in [4.69, 9.17) is 21.1 Å². The molecule has 0 amide bonds. The van der Waals surface area contributed by atoms with Crippen LogP contribution >= 0.6 is 11.6 Å². The van der Waals surface area contributed by atoms with Crippen molar-refractivity contribution in [2.75, 3.05) is 25.6 Å². The number of anilines is 1. The van der Waals surface area contributed by atoms with Crippen LogP contribution in [0.2, 0.25) is 5.02 Å². The minimum atomic E-state index is -4.10. The molecule has 10 heteroatoms. The fourth-order valence-electron chi connectivity index (χ4n) is 2.35. The van der Waals surface area contributed by atoms with E-state index >= 15 is 0 Å². The SMILES string of the molecule is COc1cc(N(C)S(=O)(=O)c2cc([N+](=O)[O-])ccc2C)c(OC)cc1Cl. The van der Waals surface area contributed by atoms with Gasteiger partial charge in [-0.3, -0.25) is 14.4 Å². The molecule has 140 valence electrons. The zero-order valence-corrected chi connectivity index (χ0v) is 16.1. The highest BCUT2D eigenvalue weighted by Crippen LogP contribution is 2.39. The molecule has 0 N–H and O–H groups in total. The number of hydrogen-bond donors (Lipinski definition) is 0. The van der Waals surface area contributed by atoms with Crippen LogP contribution in [-0.2, 0) is 10.0 Å². The van der Waals surface area contributed by atoms with Gasteiger partial charge < -0.3 is 9.47 Å². The Bertz CT molecular complexity index is 961. The van der Waals surface area contributed by atoms with Gasteiger partial charge in [-0.1, -0.05) is 17.7 Å². The quantitative estimate of drug-likeness (QED) is 0.544. The van der Waals surface area contributed by atoms with Crippen molar-refractivity contribution < 1.29 is 22.8 Å². The highest BCUT2D eigenvalue weighted by molar-refractivity contribution is 7.92. The average molecular weight is 401 g/mol. The van der Waals surface area contributed by atoms with E-state index in [1.54, 1.807) is 6.92 Å². The molecular weight excluding hydrogens is 384 g/mol. The lowest BCUT2D eigenvalue weighted by atomic mass is 10.2. The standard InChI is InChI=1S/C16H17ClN2O6S/c1-10-5-6-11(19(20)21)7-16(10)26(22,23)18(2)13-9-14(24-3)12(17)8-15(13)25-4/h5-9H,1-4H3. The van der Waals surface area contributed by atoms with Crippen molar-refractivity contribution in [3.05, 3.63) is 51.0 Å². The highest BCUT2D eigenvalue weighted by atomic mass is 35.5. The summed E-state index contributed by atoms with van der Waals surface area (Å²) in [6, 6.07) is 6.52. The van der Waals surface area contributed by atoms with Crippen LogP contribution in [0.1, 0.15) is 5.56 Å². The molecule has 0 aliphatic heterocycles. The van der Waals surface area contributed by atoms with Crippen molar-refractivity contribution in [3.63, 3.8) is 0 Å². The van der Waals surface area contributed by atoms with E-state index in [1.165, 1.54) is 45.5 Å². The van der Waals surface area contributed by atoms with Gasteiger partial charge in [0.2, 0.25) is 0 Å². The molecule has 2 rings (SSSR count). The van der Waals surface area contributed by atoms with Crippen LogP contribution in [0.5, 0.6) is 11.5 Å². The molecule has 8 nitrogen and oxygen atoms in total. The number of rotatable bonds is 6. The van der Waals surface area contributed by atoms with Crippen molar-refractivity contribution in [2.24, 2.45) is 0 Å². The van der Waals surface area contributed by atoms with E-state index in [9.17, 15) is 18.5 Å². The third kappa shape index (κ3) is 3.54. The molecule has 0 aromatic heterocycles. The minimum absolute atomic E-state index is 0.176. The van der Waals surface area contributed by atoms with Crippen molar-refractivity contribution in [2.45, 2.75) is 11.8 Å². The van der Waals surface area contributed by atoms with E-state index in [-0.39, 0.29) is 32.8 Å². The Morgan fingerprint density at radius 1 is 1.12 bits per heavy atom. The summed E-state index contributed by atoms with van der Waals surface area (Å²) in [4.78, 5) is 10.2. The summed E-state index contributed by atoms with van der Waals surface area (Å²) >= 11 is 6.05. The smallest absolute Gasteiger partial charge is 0.270 e. The minimum Gasteiger partial charge on any atom is -0.495 e. The monoisotopic (exact) mass is 400 g/mol. The van der Waals surface area contributed by atoms with Crippen molar-refractivity contribution in [1.82, 2.24) is 0 Å². The maximum absolute atomic E-state index is 13.1. The number of nitro benzene ring substituents is 1. The second-order valence-electron chi connectivity index (χ2n) is 5.34. The molecule has 0 aliphatic carbocycles. The number of methoxy groups -OCH3 is 2. The Morgan fingerprint density at radius 2 is 1.73 bits per heavy atom. The number of hydrogen-bond acceptors (Lipinski definition) is 6. The van der Waals surface area contributed by atoms with Gasteiger partial charge in [0, 0.05) is 31.3 Å². The van der Waals surface area contributed by atoms with E-state index in [1.807, 2.05) is 0 Å². The summed E-state index contributed by atoms with van der Waals surface area (Å²) in [5.74, 6) is 0.477. The molecule has 0 aliphatic rings. The van der Waals surface area contributed by atoms with Gasteiger partial charge in [-0.15, -0.1) is 0 Å². The van der Waals surface area contributed by atoms with Gasteiger partial charge in [0.05, 0.1) is 34.7 Å². The summed E-state index contributed by atoms with van der Waals surface area (Å²) in [7, 11) is -0.00546. The molecule has 0 saturated heterocycles. The zero-order chi connectivity index (χ0) is 19.6. The van der Waals surface area contributed by atoms with Gasteiger partial charge in [0.25, 0.3) is 15.7 Å². The van der Waals surface area contributed by atoms with Crippen LogP contribution in [-0.4, -0.2) is 34.6 Å². The molecule has 0 heterocycles. The van der Waals surface area contributed by atoms with Gasteiger partial charge in [0.15, 0.2) is 0 Å². The number of halogens is 1. The topological polar surface area (TPSA) is 99.0 Å². The van der Waals surface area contributed by atoms with Gasteiger partial charge in [0.1, 0.15) is 11.5 Å². The van der Waals surface area contributed by atoms with Crippen LogP contribution in [0.3, 0.4) is 0 Å². The molecule has 0 fully saturated rings. The Morgan fingerprint density at radius 3 is 2.27 bits per heavy atom. The summed E-state index contributed by atoms with van der Waals surface area (Å²) in [5.41, 5.74) is 0.241. The first kappa shape index (κ1) is 19.8. The van der Waals surface area contributed by atoms with Crippen LogP contribution in [0, 0.1) is 17.0 Å². The van der Waals surface area contributed by atoms with E-state index in [2.05, 4.69) is 0 Å². The van der Waals surface area contributed by atoms with Crippen LogP contribution in [0.4, 0.5) is 11.4 Å².